The van der Waals surface area contributed by atoms with Gasteiger partial charge in [-0.25, -0.2) is 9.51 Å². The molecule has 1 aliphatic rings. The van der Waals surface area contributed by atoms with Crippen molar-refractivity contribution in [1.29, 1.82) is 5.26 Å². The fourth-order valence-corrected chi connectivity index (χ4v) is 4.41. The zero-order chi connectivity index (χ0) is 27.3. The Bertz CT molecular complexity index is 1390. The van der Waals surface area contributed by atoms with Gasteiger partial charge in [-0.15, -0.1) is 0 Å². The fourth-order valence-electron chi connectivity index (χ4n) is 4.41. The number of fused-ring (bicyclic) bond motifs is 1. The molecule has 3 aromatic rings. The molecule has 1 saturated heterocycles. The lowest BCUT2D eigenvalue weighted by Crippen LogP contribution is -2.45. The molecule has 2 N–H and O–H groups in total. The molecule has 10 heteroatoms. The fraction of sp³-hybridized carbons (Fsp3) is 0.393. The number of rotatable bonds is 9. The highest BCUT2D eigenvalue weighted by Crippen LogP contribution is 2.28. The number of ether oxygens (including phenoxy) is 1. The maximum Gasteiger partial charge on any atom is 0.146 e. The molecule has 0 saturated carbocycles. The first kappa shape index (κ1) is 27.0. The molecular weight excluding hydrogens is 482 g/mol. The second-order valence-corrected chi connectivity index (χ2v) is 10.2. The van der Waals surface area contributed by atoms with Crippen molar-refractivity contribution < 1.29 is 14.9 Å². The van der Waals surface area contributed by atoms with E-state index < -0.39 is 11.2 Å². The molecule has 0 unspecified atom stereocenters. The van der Waals surface area contributed by atoms with Crippen molar-refractivity contribution in [1.82, 2.24) is 19.5 Å². The molecule has 0 radical (unpaired) electrons. The van der Waals surface area contributed by atoms with E-state index in [-0.39, 0.29) is 6.61 Å². The third kappa shape index (κ3) is 6.43. The second kappa shape index (κ2) is 11.1. The number of hydrogen-bond donors (Lipinski definition) is 2. The number of piperidine rings is 1. The van der Waals surface area contributed by atoms with Crippen LogP contribution in [0, 0.1) is 11.3 Å². The summed E-state index contributed by atoms with van der Waals surface area (Å²) in [5.41, 5.74) is 1.38. The molecule has 4 rings (SSSR count). The Labute approximate surface area is 222 Å². The Morgan fingerprint density at radius 2 is 2.11 bits per heavy atom. The summed E-state index contributed by atoms with van der Waals surface area (Å²) in [4.78, 5) is 15.2. The van der Waals surface area contributed by atoms with E-state index in [1.54, 1.807) is 43.0 Å². The lowest BCUT2D eigenvalue weighted by atomic mass is 9.87. The zero-order valence-corrected chi connectivity index (χ0v) is 22.0. The lowest BCUT2D eigenvalue weighted by molar-refractivity contribution is -0.0142. The van der Waals surface area contributed by atoms with Crippen LogP contribution >= 0.6 is 0 Å². The molecule has 4 heterocycles. The third-order valence-corrected chi connectivity index (χ3v) is 6.48. The molecule has 0 aromatic carbocycles. The molecular formula is C28H33N7O3. The number of aromatic nitrogens is 3. The number of nitriles is 1. The van der Waals surface area contributed by atoms with Crippen LogP contribution in [0.15, 0.2) is 64.9 Å². The highest BCUT2D eigenvalue weighted by molar-refractivity contribution is 6.06. The molecule has 0 atom stereocenters. The van der Waals surface area contributed by atoms with Crippen LogP contribution in [0.5, 0.6) is 5.75 Å². The summed E-state index contributed by atoms with van der Waals surface area (Å²) in [6, 6.07) is 9.68. The van der Waals surface area contributed by atoms with E-state index in [1.165, 1.54) is 6.20 Å². The summed E-state index contributed by atoms with van der Waals surface area (Å²) in [6.07, 6.45) is 8.21. The van der Waals surface area contributed by atoms with Gasteiger partial charge in [-0.05, 0) is 58.5 Å². The standard InChI is InChI=1S/C28H33N7O3/c1-20(24-13-23(38-19-27(2,3)36)18-35-26(24)21(15-29)16-33-35)32-17-25(30-4)34-11-8-28(37,9-12-34)14-22-7-5-6-10-31-22/h5-7,10,13,16-18,36-37H,4,8-9,11-12,14,19H2,1-3H3/b25-17+,32-20?. The van der Waals surface area contributed by atoms with Gasteiger partial charge in [0, 0.05) is 42.7 Å². The summed E-state index contributed by atoms with van der Waals surface area (Å²) in [5, 5.41) is 35.0. The van der Waals surface area contributed by atoms with E-state index in [0.717, 1.165) is 5.69 Å². The minimum absolute atomic E-state index is 0.0899. The summed E-state index contributed by atoms with van der Waals surface area (Å²) >= 11 is 0. The van der Waals surface area contributed by atoms with Crippen molar-refractivity contribution >= 4 is 17.9 Å². The minimum Gasteiger partial charge on any atom is -0.489 e. The largest absolute Gasteiger partial charge is 0.489 e. The number of pyridine rings is 2. The average Bonchev–Trinajstić information content (AvgIpc) is 3.31. The van der Waals surface area contributed by atoms with E-state index in [4.69, 9.17) is 4.74 Å². The van der Waals surface area contributed by atoms with E-state index in [9.17, 15) is 15.5 Å². The number of hydrogen-bond acceptors (Lipinski definition) is 9. The first-order valence-electron chi connectivity index (χ1n) is 12.5. The first-order chi connectivity index (χ1) is 18.1. The molecule has 0 amide bonds. The molecule has 0 bridgehead atoms. The van der Waals surface area contributed by atoms with Crippen molar-refractivity contribution in [2.45, 2.75) is 51.2 Å². The Morgan fingerprint density at radius 3 is 2.74 bits per heavy atom. The minimum atomic E-state index is -1.01. The van der Waals surface area contributed by atoms with E-state index >= 15 is 0 Å². The van der Waals surface area contributed by atoms with Crippen molar-refractivity contribution in [3.63, 3.8) is 0 Å². The topological polar surface area (TPSA) is 132 Å². The van der Waals surface area contributed by atoms with Crippen LogP contribution in [-0.2, 0) is 6.42 Å². The summed E-state index contributed by atoms with van der Waals surface area (Å²) < 4.78 is 7.37. The van der Waals surface area contributed by atoms with Gasteiger partial charge in [0.25, 0.3) is 0 Å². The summed E-state index contributed by atoms with van der Waals surface area (Å²) in [5.74, 6) is 1.09. The maximum absolute atomic E-state index is 11.1. The van der Waals surface area contributed by atoms with E-state index in [2.05, 4.69) is 37.8 Å². The van der Waals surface area contributed by atoms with Gasteiger partial charge in [-0.2, -0.15) is 10.4 Å². The number of aliphatic imine (C=N–C) groups is 2. The van der Waals surface area contributed by atoms with Gasteiger partial charge in [0.1, 0.15) is 24.2 Å². The van der Waals surface area contributed by atoms with Crippen molar-refractivity contribution in [2.75, 3.05) is 19.7 Å². The van der Waals surface area contributed by atoms with Crippen LogP contribution in [0.4, 0.5) is 0 Å². The molecule has 198 valence electrons. The third-order valence-electron chi connectivity index (χ3n) is 6.48. The molecule has 0 spiro atoms. The van der Waals surface area contributed by atoms with Crippen LogP contribution in [0.25, 0.3) is 5.52 Å². The molecule has 1 fully saturated rings. The van der Waals surface area contributed by atoms with E-state index in [1.807, 2.05) is 25.1 Å². The molecule has 0 aliphatic carbocycles. The van der Waals surface area contributed by atoms with E-state index in [0.29, 0.717) is 66.3 Å². The highest BCUT2D eigenvalue weighted by Gasteiger charge is 2.33. The smallest absolute Gasteiger partial charge is 0.146 e. The van der Waals surface area contributed by atoms with Gasteiger partial charge in [-0.3, -0.25) is 9.98 Å². The Balaban J connectivity index is 1.55. The van der Waals surface area contributed by atoms with Crippen molar-refractivity contribution in [3.05, 3.63) is 71.7 Å². The Kier molecular flexibility index (Phi) is 7.90. The lowest BCUT2D eigenvalue weighted by Gasteiger charge is -2.39. The van der Waals surface area contributed by atoms with Crippen LogP contribution < -0.4 is 4.74 Å². The van der Waals surface area contributed by atoms with Gasteiger partial charge < -0.3 is 19.8 Å². The average molecular weight is 516 g/mol. The van der Waals surface area contributed by atoms with Gasteiger partial charge in [0.2, 0.25) is 0 Å². The van der Waals surface area contributed by atoms with Crippen LogP contribution in [-0.4, -0.2) is 73.0 Å². The summed E-state index contributed by atoms with van der Waals surface area (Å²) in [7, 11) is 0. The Hall–Kier alpha value is -4.07. The molecule has 1 aliphatic heterocycles. The summed E-state index contributed by atoms with van der Waals surface area (Å²) in [6.45, 7) is 10.2. The highest BCUT2D eigenvalue weighted by atomic mass is 16.5. The first-order valence-corrected chi connectivity index (χ1v) is 12.5. The predicted molar refractivity (Wildman–Crippen MR) is 145 cm³/mol. The SMILES string of the molecule is C=N/C(=C\N=C(C)c1cc(OCC(C)(C)O)cn2ncc(C#N)c12)N1CCC(O)(Cc2ccccn2)CC1. The van der Waals surface area contributed by atoms with Crippen LogP contribution in [0.2, 0.25) is 0 Å². The van der Waals surface area contributed by atoms with Crippen molar-refractivity contribution in [2.24, 2.45) is 9.98 Å². The van der Waals surface area contributed by atoms with Gasteiger partial charge in [0.05, 0.1) is 40.9 Å². The number of nitrogens with zero attached hydrogens (tertiary/aromatic N) is 7. The van der Waals surface area contributed by atoms with Gasteiger partial charge in [-0.1, -0.05) is 6.07 Å². The monoisotopic (exact) mass is 515 g/mol. The zero-order valence-electron chi connectivity index (χ0n) is 22.0. The van der Waals surface area contributed by atoms with Crippen LogP contribution in [0.1, 0.15) is 50.4 Å². The molecule has 38 heavy (non-hydrogen) atoms. The van der Waals surface area contributed by atoms with Crippen molar-refractivity contribution in [3.8, 4) is 11.8 Å². The second-order valence-electron chi connectivity index (χ2n) is 10.2. The number of likely N-dealkylation sites (tertiary alicyclic amines) is 1. The Morgan fingerprint density at radius 1 is 1.34 bits per heavy atom. The quantitative estimate of drug-likeness (QED) is 0.419. The maximum atomic E-state index is 11.1. The predicted octanol–water partition coefficient (Wildman–Crippen LogP) is 3.13. The van der Waals surface area contributed by atoms with Gasteiger partial charge >= 0.3 is 0 Å². The van der Waals surface area contributed by atoms with Gasteiger partial charge in [0.15, 0.2) is 0 Å². The molecule has 10 nitrogen and oxygen atoms in total. The van der Waals surface area contributed by atoms with Crippen LogP contribution in [0.3, 0.4) is 0 Å². The normalized spacial score (nSPS) is 16.4. The number of aliphatic hydroxyl groups is 2. The molecule has 3 aromatic heterocycles.